The van der Waals surface area contributed by atoms with Crippen LogP contribution >= 0.6 is 0 Å². The van der Waals surface area contributed by atoms with Gasteiger partial charge in [-0.05, 0) is 33.1 Å². The number of amides is 1. The number of esters is 1. The topological polar surface area (TPSA) is 55.4 Å². The Hall–Kier alpha value is -1.50. The number of terminal acetylenes is 1. The van der Waals surface area contributed by atoms with Gasteiger partial charge in [0.2, 0.25) is 5.91 Å². The third-order valence-electron chi connectivity index (χ3n) is 2.23. The minimum Gasteiger partial charge on any atom is -0.458 e. The van der Waals surface area contributed by atoms with Crippen LogP contribution in [0.2, 0.25) is 0 Å². The fourth-order valence-corrected chi connectivity index (χ4v) is 1.51. The summed E-state index contributed by atoms with van der Waals surface area (Å²) in [6.07, 6.45) is 6.26. The van der Waals surface area contributed by atoms with Gasteiger partial charge in [-0.25, -0.2) is 4.79 Å². The van der Waals surface area contributed by atoms with Gasteiger partial charge in [0.15, 0.2) is 0 Å². The van der Waals surface area contributed by atoms with Gasteiger partial charge in [0.05, 0.1) is 0 Å². The molecule has 0 aliphatic heterocycles. The van der Waals surface area contributed by atoms with Crippen molar-refractivity contribution in [3.05, 3.63) is 0 Å². The third kappa shape index (κ3) is 9.12. The Kier molecular flexibility index (Phi) is 7.21. The van der Waals surface area contributed by atoms with Gasteiger partial charge in [-0.3, -0.25) is 4.79 Å². The molecule has 1 atom stereocenters. The predicted molar refractivity (Wildman–Crippen MR) is 75.3 cm³/mol. The van der Waals surface area contributed by atoms with Crippen LogP contribution in [0.3, 0.4) is 0 Å². The molecule has 0 aliphatic rings. The summed E-state index contributed by atoms with van der Waals surface area (Å²) < 4.78 is 5.31. The summed E-state index contributed by atoms with van der Waals surface area (Å²) in [6, 6.07) is -0.607. The van der Waals surface area contributed by atoms with Crippen LogP contribution < -0.4 is 5.32 Å². The normalized spacial score (nSPS) is 12.7. The fourth-order valence-electron chi connectivity index (χ4n) is 1.51. The lowest BCUT2D eigenvalue weighted by atomic mass is 10.0. The van der Waals surface area contributed by atoms with Gasteiger partial charge in [0.25, 0.3) is 0 Å². The summed E-state index contributed by atoms with van der Waals surface area (Å²) in [5.74, 6) is 2.08. The quantitative estimate of drug-likeness (QED) is 0.593. The largest absolute Gasteiger partial charge is 0.458 e. The number of ether oxygens (including phenoxy) is 1. The van der Waals surface area contributed by atoms with Crippen molar-refractivity contribution in [1.29, 1.82) is 0 Å². The van der Waals surface area contributed by atoms with Crippen molar-refractivity contribution in [1.82, 2.24) is 5.32 Å². The molecule has 108 valence electrons. The molecule has 1 amide bonds. The van der Waals surface area contributed by atoms with E-state index in [9.17, 15) is 9.59 Å². The number of nitrogens with one attached hydrogen (secondary N) is 1. The Morgan fingerprint density at radius 3 is 2.32 bits per heavy atom. The van der Waals surface area contributed by atoms with E-state index in [1.54, 1.807) is 20.8 Å². The lowest BCUT2D eigenvalue weighted by Gasteiger charge is -2.25. The first-order chi connectivity index (χ1) is 8.65. The summed E-state index contributed by atoms with van der Waals surface area (Å²) in [5.41, 5.74) is -0.560. The van der Waals surface area contributed by atoms with E-state index in [1.807, 2.05) is 13.8 Å². The second-order valence-corrected chi connectivity index (χ2v) is 5.99. The molecule has 0 radical (unpaired) electrons. The van der Waals surface area contributed by atoms with Gasteiger partial charge in [0, 0.05) is 12.8 Å². The number of rotatable bonds is 6. The summed E-state index contributed by atoms with van der Waals surface area (Å²) in [7, 11) is 0. The van der Waals surface area contributed by atoms with E-state index >= 15 is 0 Å². The van der Waals surface area contributed by atoms with Crippen LogP contribution in [-0.4, -0.2) is 23.5 Å². The van der Waals surface area contributed by atoms with E-state index in [0.29, 0.717) is 12.8 Å². The molecule has 0 aromatic rings. The van der Waals surface area contributed by atoms with Crippen molar-refractivity contribution in [2.24, 2.45) is 5.92 Å². The molecular weight excluding hydrogens is 242 g/mol. The van der Waals surface area contributed by atoms with Gasteiger partial charge in [-0.1, -0.05) is 13.8 Å². The van der Waals surface area contributed by atoms with E-state index in [4.69, 9.17) is 11.2 Å². The molecule has 0 saturated heterocycles. The highest BCUT2D eigenvalue weighted by atomic mass is 16.6. The van der Waals surface area contributed by atoms with Crippen molar-refractivity contribution >= 4 is 11.9 Å². The number of carbonyl (C=O) groups excluding carboxylic acids is 2. The van der Waals surface area contributed by atoms with Crippen LogP contribution in [0.4, 0.5) is 0 Å². The van der Waals surface area contributed by atoms with Crippen molar-refractivity contribution in [2.45, 2.75) is 65.5 Å². The summed E-state index contributed by atoms with van der Waals surface area (Å²) >= 11 is 0. The lowest BCUT2D eigenvalue weighted by Crippen LogP contribution is -2.44. The zero-order valence-electron chi connectivity index (χ0n) is 12.6. The molecule has 0 unspecified atom stereocenters. The molecule has 0 heterocycles. The second-order valence-electron chi connectivity index (χ2n) is 5.99. The van der Waals surface area contributed by atoms with Crippen LogP contribution in [0.25, 0.3) is 0 Å². The molecule has 0 spiro atoms. The van der Waals surface area contributed by atoms with E-state index in [0.717, 1.165) is 0 Å². The van der Waals surface area contributed by atoms with Gasteiger partial charge in [-0.2, -0.15) is 0 Å². The molecule has 1 N–H and O–H groups in total. The standard InChI is InChI=1S/C15H25NO3/c1-7-8-9-13(17)16-12(10-11(2)3)14(18)19-15(4,5)6/h1,11-12H,8-10H2,2-6H3,(H,16,17)/t12-/m0/s1. The highest BCUT2D eigenvalue weighted by Crippen LogP contribution is 2.13. The van der Waals surface area contributed by atoms with Crippen LogP contribution in [0.1, 0.15) is 53.9 Å². The molecule has 0 fully saturated rings. The van der Waals surface area contributed by atoms with Gasteiger partial charge >= 0.3 is 5.97 Å². The highest BCUT2D eigenvalue weighted by Gasteiger charge is 2.27. The summed E-state index contributed by atoms with van der Waals surface area (Å²) in [6.45, 7) is 9.39. The van der Waals surface area contributed by atoms with E-state index < -0.39 is 17.6 Å². The molecule has 4 heteroatoms. The van der Waals surface area contributed by atoms with Crippen molar-refractivity contribution in [3.8, 4) is 12.3 Å². The Bertz CT molecular complexity index is 347. The molecule has 0 rings (SSSR count). The second kappa shape index (κ2) is 7.83. The molecule has 0 aliphatic carbocycles. The molecule has 0 aromatic carbocycles. The average Bonchev–Trinajstić information content (AvgIpc) is 2.22. The van der Waals surface area contributed by atoms with Crippen molar-refractivity contribution in [3.63, 3.8) is 0 Å². The molecular formula is C15H25NO3. The minimum absolute atomic E-state index is 0.213. The maximum atomic E-state index is 12.0. The summed E-state index contributed by atoms with van der Waals surface area (Å²) in [5, 5.41) is 2.70. The minimum atomic E-state index is -0.607. The Morgan fingerprint density at radius 1 is 1.32 bits per heavy atom. The maximum absolute atomic E-state index is 12.0. The summed E-state index contributed by atoms with van der Waals surface area (Å²) in [4.78, 5) is 23.7. The monoisotopic (exact) mass is 267 g/mol. The fraction of sp³-hybridized carbons (Fsp3) is 0.733. The Morgan fingerprint density at radius 2 is 1.89 bits per heavy atom. The Balaban J connectivity index is 4.59. The molecule has 0 aromatic heterocycles. The van der Waals surface area contributed by atoms with Crippen molar-refractivity contribution in [2.75, 3.05) is 0 Å². The van der Waals surface area contributed by atoms with Crippen LogP contribution in [0.5, 0.6) is 0 Å². The first-order valence-corrected chi connectivity index (χ1v) is 6.61. The molecule has 19 heavy (non-hydrogen) atoms. The van der Waals surface area contributed by atoms with E-state index in [2.05, 4.69) is 11.2 Å². The first-order valence-electron chi connectivity index (χ1n) is 6.61. The van der Waals surface area contributed by atoms with Gasteiger partial charge < -0.3 is 10.1 Å². The maximum Gasteiger partial charge on any atom is 0.329 e. The zero-order chi connectivity index (χ0) is 15.1. The van der Waals surface area contributed by atoms with Gasteiger partial charge in [-0.15, -0.1) is 12.3 Å². The van der Waals surface area contributed by atoms with Crippen molar-refractivity contribution < 1.29 is 14.3 Å². The predicted octanol–water partition coefficient (Wildman–Crippen LogP) is 2.27. The number of hydrogen-bond donors (Lipinski definition) is 1. The van der Waals surface area contributed by atoms with Crippen LogP contribution in [0.15, 0.2) is 0 Å². The molecule has 0 bridgehead atoms. The van der Waals surface area contributed by atoms with Gasteiger partial charge in [0.1, 0.15) is 11.6 Å². The van der Waals surface area contributed by atoms with E-state index in [-0.39, 0.29) is 18.2 Å². The number of hydrogen-bond acceptors (Lipinski definition) is 3. The Labute approximate surface area is 116 Å². The smallest absolute Gasteiger partial charge is 0.329 e. The zero-order valence-corrected chi connectivity index (χ0v) is 12.6. The van der Waals surface area contributed by atoms with E-state index in [1.165, 1.54) is 0 Å². The highest BCUT2D eigenvalue weighted by molar-refractivity contribution is 5.84. The first kappa shape index (κ1) is 17.5. The van der Waals surface area contributed by atoms with Crippen LogP contribution in [-0.2, 0) is 14.3 Å². The van der Waals surface area contributed by atoms with Crippen LogP contribution in [0, 0.1) is 18.3 Å². The molecule has 4 nitrogen and oxygen atoms in total. The molecule has 0 saturated carbocycles. The lowest BCUT2D eigenvalue weighted by molar-refractivity contribution is -0.159. The third-order valence-corrected chi connectivity index (χ3v) is 2.23. The SMILES string of the molecule is C#CCCC(=O)N[C@@H](CC(C)C)C(=O)OC(C)(C)C. The average molecular weight is 267 g/mol. The number of carbonyl (C=O) groups is 2.